The minimum atomic E-state index is 0.0329. The summed E-state index contributed by atoms with van der Waals surface area (Å²) in [4.78, 5) is 14.2. The van der Waals surface area contributed by atoms with Gasteiger partial charge in [0.25, 0.3) is 0 Å². The number of ether oxygens (including phenoxy) is 1. The molecule has 21 heavy (non-hydrogen) atoms. The summed E-state index contributed by atoms with van der Waals surface area (Å²) in [5.74, 6) is 0.0329. The molecule has 0 radical (unpaired) electrons. The molecule has 5 nitrogen and oxygen atoms in total. The molecule has 1 saturated heterocycles. The lowest BCUT2D eigenvalue weighted by atomic mass is 10.2. The molecule has 1 aromatic rings. The molecule has 2 rings (SSSR count). The number of hydrogen-bond donors (Lipinski definition) is 2. The van der Waals surface area contributed by atoms with Crippen molar-refractivity contribution in [2.24, 2.45) is 0 Å². The average Bonchev–Trinajstić information content (AvgIpc) is 2.99. The van der Waals surface area contributed by atoms with Gasteiger partial charge in [0.15, 0.2) is 0 Å². The van der Waals surface area contributed by atoms with Gasteiger partial charge in [-0.05, 0) is 43.7 Å². The van der Waals surface area contributed by atoms with Gasteiger partial charge >= 0.3 is 0 Å². The third kappa shape index (κ3) is 5.36. The van der Waals surface area contributed by atoms with E-state index in [1.165, 1.54) is 0 Å². The molecule has 116 valence electrons. The van der Waals surface area contributed by atoms with Gasteiger partial charge in [-0.25, -0.2) is 0 Å². The SMILES string of the molecule is CCN(CCC(=O)Nc1ccc(N)cc1)CC1CCCO1. The minimum Gasteiger partial charge on any atom is -0.399 e. The summed E-state index contributed by atoms with van der Waals surface area (Å²) >= 11 is 0. The Labute approximate surface area is 126 Å². The van der Waals surface area contributed by atoms with Crippen molar-refractivity contribution in [1.29, 1.82) is 0 Å². The number of anilines is 2. The van der Waals surface area contributed by atoms with Crippen LogP contribution in [0.3, 0.4) is 0 Å². The second-order valence-electron chi connectivity index (χ2n) is 5.45. The summed E-state index contributed by atoms with van der Waals surface area (Å²) in [5, 5.41) is 2.89. The number of rotatable bonds is 7. The first-order valence-electron chi connectivity index (χ1n) is 7.66. The van der Waals surface area contributed by atoms with Gasteiger partial charge in [-0.15, -0.1) is 0 Å². The summed E-state index contributed by atoms with van der Waals surface area (Å²) in [6, 6.07) is 7.20. The Morgan fingerprint density at radius 1 is 1.43 bits per heavy atom. The monoisotopic (exact) mass is 291 g/mol. The van der Waals surface area contributed by atoms with E-state index in [-0.39, 0.29) is 5.91 Å². The molecule has 1 heterocycles. The van der Waals surface area contributed by atoms with Crippen LogP contribution in [0.15, 0.2) is 24.3 Å². The van der Waals surface area contributed by atoms with E-state index in [0.717, 1.165) is 44.8 Å². The molecule has 0 bridgehead atoms. The van der Waals surface area contributed by atoms with Gasteiger partial charge in [-0.3, -0.25) is 4.79 Å². The van der Waals surface area contributed by atoms with Crippen molar-refractivity contribution in [1.82, 2.24) is 4.90 Å². The van der Waals surface area contributed by atoms with Crippen molar-refractivity contribution in [3.8, 4) is 0 Å². The molecule has 0 aromatic heterocycles. The Bertz CT molecular complexity index is 441. The average molecular weight is 291 g/mol. The van der Waals surface area contributed by atoms with Crippen LogP contribution in [0.4, 0.5) is 11.4 Å². The maximum absolute atomic E-state index is 12.0. The highest BCUT2D eigenvalue weighted by Gasteiger charge is 2.18. The van der Waals surface area contributed by atoms with E-state index < -0.39 is 0 Å². The van der Waals surface area contributed by atoms with E-state index in [4.69, 9.17) is 10.5 Å². The molecule has 1 aromatic carbocycles. The zero-order valence-electron chi connectivity index (χ0n) is 12.7. The van der Waals surface area contributed by atoms with Crippen molar-refractivity contribution in [3.05, 3.63) is 24.3 Å². The second kappa shape index (κ2) is 8.00. The second-order valence-corrected chi connectivity index (χ2v) is 5.45. The number of amides is 1. The number of likely N-dealkylation sites (N-methyl/N-ethyl adjacent to an activating group) is 1. The quantitative estimate of drug-likeness (QED) is 0.755. The van der Waals surface area contributed by atoms with E-state index in [1.807, 2.05) is 12.1 Å². The predicted molar refractivity (Wildman–Crippen MR) is 85.2 cm³/mol. The molecular formula is C16H25N3O2. The normalized spacial score (nSPS) is 18.1. The lowest BCUT2D eigenvalue weighted by molar-refractivity contribution is -0.116. The van der Waals surface area contributed by atoms with Crippen LogP contribution < -0.4 is 11.1 Å². The molecule has 1 fully saturated rings. The highest BCUT2D eigenvalue weighted by Crippen LogP contribution is 2.14. The van der Waals surface area contributed by atoms with Crippen molar-refractivity contribution in [2.75, 3.05) is 37.3 Å². The van der Waals surface area contributed by atoms with Crippen LogP contribution in [-0.4, -0.2) is 43.2 Å². The van der Waals surface area contributed by atoms with Crippen molar-refractivity contribution < 1.29 is 9.53 Å². The first-order valence-corrected chi connectivity index (χ1v) is 7.66. The van der Waals surface area contributed by atoms with E-state index in [2.05, 4.69) is 17.1 Å². The van der Waals surface area contributed by atoms with Crippen LogP contribution in [0.25, 0.3) is 0 Å². The summed E-state index contributed by atoms with van der Waals surface area (Å²) in [6.45, 7) is 5.62. The van der Waals surface area contributed by atoms with E-state index in [0.29, 0.717) is 18.2 Å². The number of carbonyl (C=O) groups excluding carboxylic acids is 1. The molecule has 0 saturated carbocycles. The molecule has 1 aliphatic rings. The molecule has 5 heteroatoms. The summed E-state index contributed by atoms with van der Waals surface area (Å²) in [7, 11) is 0. The number of nitrogens with zero attached hydrogens (tertiary/aromatic N) is 1. The Hall–Kier alpha value is -1.59. The van der Waals surface area contributed by atoms with Gasteiger partial charge < -0.3 is 20.7 Å². The molecule has 1 amide bonds. The fourth-order valence-electron chi connectivity index (χ4n) is 2.50. The van der Waals surface area contributed by atoms with Gasteiger partial charge in [-0.1, -0.05) is 6.92 Å². The number of carbonyl (C=O) groups is 1. The van der Waals surface area contributed by atoms with Gasteiger partial charge in [0.05, 0.1) is 6.10 Å². The van der Waals surface area contributed by atoms with Crippen LogP contribution in [-0.2, 0) is 9.53 Å². The molecule has 1 aliphatic heterocycles. The number of hydrogen-bond acceptors (Lipinski definition) is 4. The number of nitrogens with two attached hydrogens (primary N) is 1. The molecule has 3 N–H and O–H groups in total. The van der Waals surface area contributed by atoms with Crippen LogP contribution in [0.1, 0.15) is 26.2 Å². The maximum atomic E-state index is 12.0. The summed E-state index contributed by atoms with van der Waals surface area (Å²) in [5.41, 5.74) is 7.10. The highest BCUT2D eigenvalue weighted by molar-refractivity contribution is 5.90. The Kier molecular flexibility index (Phi) is 6.02. The van der Waals surface area contributed by atoms with Crippen LogP contribution in [0.5, 0.6) is 0 Å². The fraction of sp³-hybridized carbons (Fsp3) is 0.562. The molecule has 0 spiro atoms. The van der Waals surface area contributed by atoms with Gasteiger partial charge in [0.1, 0.15) is 0 Å². The molecule has 0 aliphatic carbocycles. The first kappa shape index (κ1) is 15.8. The van der Waals surface area contributed by atoms with Crippen molar-refractivity contribution in [2.45, 2.75) is 32.3 Å². The van der Waals surface area contributed by atoms with Gasteiger partial charge in [-0.2, -0.15) is 0 Å². The summed E-state index contributed by atoms with van der Waals surface area (Å²) in [6.07, 6.45) is 3.11. The Balaban J connectivity index is 1.72. The van der Waals surface area contributed by atoms with E-state index in [9.17, 15) is 4.79 Å². The third-order valence-electron chi connectivity index (χ3n) is 3.78. The zero-order chi connectivity index (χ0) is 15.1. The standard InChI is InChI=1S/C16H25N3O2/c1-2-19(12-15-4-3-11-21-15)10-9-16(20)18-14-7-5-13(17)6-8-14/h5-8,15H,2-4,9-12,17H2,1H3,(H,18,20). The number of nitrogens with one attached hydrogen (secondary N) is 1. The third-order valence-corrected chi connectivity index (χ3v) is 3.78. The van der Waals surface area contributed by atoms with Crippen LogP contribution >= 0.6 is 0 Å². The topological polar surface area (TPSA) is 67.6 Å². The zero-order valence-corrected chi connectivity index (χ0v) is 12.7. The number of nitrogen functional groups attached to an aromatic ring is 1. The molecular weight excluding hydrogens is 266 g/mol. The lowest BCUT2D eigenvalue weighted by Crippen LogP contribution is -2.34. The summed E-state index contributed by atoms with van der Waals surface area (Å²) < 4.78 is 5.64. The van der Waals surface area contributed by atoms with Gasteiger partial charge in [0.2, 0.25) is 5.91 Å². The van der Waals surface area contributed by atoms with E-state index in [1.54, 1.807) is 12.1 Å². The fourth-order valence-corrected chi connectivity index (χ4v) is 2.50. The number of benzene rings is 1. The predicted octanol–water partition coefficient (Wildman–Crippen LogP) is 2.10. The maximum Gasteiger partial charge on any atom is 0.225 e. The van der Waals surface area contributed by atoms with Crippen LogP contribution in [0.2, 0.25) is 0 Å². The van der Waals surface area contributed by atoms with Gasteiger partial charge in [0, 0.05) is 37.5 Å². The Morgan fingerprint density at radius 2 is 2.19 bits per heavy atom. The smallest absolute Gasteiger partial charge is 0.225 e. The van der Waals surface area contributed by atoms with Crippen LogP contribution in [0, 0.1) is 0 Å². The highest BCUT2D eigenvalue weighted by atomic mass is 16.5. The van der Waals surface area contributed by atoms with E-state index >= 15 is 0 Å². The Morgan fingerprint density at radius 3 is 2.81 bits per heavy atom. The largest absolute Gasteiger partial charge is 0.399 e. The van der Waals surface area contributed by atoms with Crippen molar-refractivity contribution in [3.63, 3.8) is 0 Å². The molecule has 1 atom stereocenters. The minimum absolute atomic E-state index is 0.0329. The lowest BCUT2D eigenvalue weighted by Gasteiger charge is -2.23. The first-order chi connectivity index (χ1) is 10.2. The van der Waals surface area contributed by atoms with Crippen molar-refractivity contribution >= 4 is 17.3 Å². The molecule has 1 unspecified atom stereocenters.